The monoisotopic (exact) mass is 868 g/mol. The summed E-state index contributed by atoms with van der Waals surface area (Å²) < 4.78 is 57.6. The van der Waals surface area contributed by atoms with Crippen molar-refractivity contribution in [3.8, 4) is 0 Å². The molecule has 4 aliphatic heterocycles. The lowest BCUT2D eigenvalue weighted by Crippen LogP contribution is -2.61. The largest absolute Gasteiger partial charge is 0.458 e. The van der Waals surface area contributed by atoms with Crippen molar-refractivity contribution in [3.05, 3.63) is 10.4 Å². The van der Waals surface area contributed by atoms with Crippen LogP contribution >= 0.6 is 0 Å². The molecule has 1 amide bonds. The predicted molar refractivity (Wildman–Crippen MR) is 222 cm³/mol. The third kappa shape index (κ3) is 10.5. The van der Waals surface area contributed by atoms with Crippen molar-refractivity contribution in [2.24, 2.45) is 34.7 Å². The van der Waals surface area contributed by atoms with Crippen LogP contribution in [-0.4, -0.2) is 147 Å². The Balaban J connectivity index is 1.91. The number of methoxy groups -OCH3 is 2. The number of hydrogen-bond acceptors (Lipinski definition) is 15. The summed E-state index contributed by atoms with van der Waals surface area (Å²) in [6.07, 6.45) is -5.60. The van der Waals surface area contributed by atoms with Gasteiger partial charge < -0.3 is 47.5 Å². The molecule has 18 atom stereocenters. The summed E-state index contributed by atoms with van der Waals surface area (Å²) in [5.74, 6) is -4.62. The highest BCUT2D eigenvalue weighted by molar-refractivity contribution is 5.85. The Morgan fingerprint density at radius 3 is 2.10 bits per heavy atom. The summed E-state index contributed by atoms with van der Waals surface area (Å²) in [7, 11) is 7.15. The highest BCUT2D eigenvalue weighted by Gasteiger charge is 2.61. The maximum atomic E-state index is 14.8. The van der Waals surface area contributed by atoms with Crippen molar-refractivity contribution >= 4 is 23.8 Å². The Morgan fingerprint density at radius 1 is 0.918 bits per heavy atom. The molecule has 18 heteroatoms. The smallest absolute Gasteiger partial charge is 0.411 e. The summed E-state index contributed by atoms with van der Waals surface area (Å²) in [5.41, 5.74) is 5.48. The molecule has 0 aromatic rings. The number of fused-ring (bicyclic) bond motifs is 1. The standard InChI is InChI=1S/C43H73N5O13/c1-17-31-43(12)35(48(21-45-46-44)40(52)61-43)25(5)33(50)22(2)19-41(10,53-15)36(60-39-24(4)30(47(13)14)18-23(3)55-39)26(6)34(27(7)38(51)58-31)59-32-20-42(11,54-16)37(28(8)56-32)57-29(9)49/h22-28,30-32,34-37,39H,17-21H2,1-16H3/t22-,23?,24?,25+,26+,27-,28?,30?,31?,32?,34+,35-,36-,37?,39?,41+,42?,43-/m1/s1. The number of nitrogens with zero attached hydrogens (tertiary/aromatic N) is 5. The van der Waals surface area contributed by atoms with Crippen LogP contribution < -0.4 is 0 Å². The molecule has 0 N–H and O–H groups in total. The Kier molecular flexibility index (Phi) is 16.7. The van der Waals surface area contributed by atoms with E-state index in [2.05, 4.69) is 21.8 Å². The van der Waals surface area contributed by atoms with Gasteiger partial charge in [-0.15, -0.1) is 0 Å². The Morgan fingerprint density at radius 2 is 1.54 bits per heavy atom. The molecule has 4 heterocycles. The fourth-order valence-electron chi connectivity index (χ4n) is 10.6. The molecule has 0 radical (unpaired) electrons. The molecule has 61 heavy (non-hydrogen) atoms. The van der Waals surface area contributed by atoms with Crippen LogP contribution in [-0.2, 0) is 57.0 Å². The third-order valence-corrected chi connectivity index (χ3v) is 14.0. The fourth-order valence-corrected chi connectivity index (χ4v) is 10.6. The van der Waals surface area contributed by atoms with Gasteiger partial charge in [0.25, 0.3) is 0 Å². The third-order valence-electron chi connectivity index (χ3n) is 14.0. The number of rotatable bonds is 11. The van der Waals surface area contributed by atoms with Crippen LogP contribution in [0.4, 0.5) is 4.79 Å². The SMILES string of the molecule is CCC1OC(=O)[C@H](C)[C@@H](OC2CC(C)(OC)C(OC(C)=O)C(C)O2)[C@H](C)[C@@H](OC2OC(C)CC(N(C)C)C2C)[C@@](C)(OC)C[C@@H](C)C(=O)[C@H](C)[C@H]2N(CN=[N+]=[N-])C(=O)O[C@]12C. The lowest BCUT2D eigenvalue weighted by atomic mass is 9.73. The summed E-state index contributed by atoms with van der Waals surface area (Å²) in [5, 5.41) is 3.66. The second kappa shape index (κ2) is 20.2. The van der Waals surface area contributed by atoms with E-state index in [-0.39, 0.29) is 43.1 Å². The van der Waals surface area contributed by atoms with Gasteiger partial charge in [-0.1, -0.05) is 39.7 Å². The fraction of sp³-hybridized carbons (Fsp3) is 0.907. The molecule has 18 nitrogen and oxygen atoms in total. The van der Waals surface area contributed by atoms with Crippen LogP contribution in [0.5, 0.6) is 0 Å². The normalized spacial score (nSPS) is 44.0. The highest BCUT2D eigenvalue weighted by Crippen LogP contribution is 2.45. The number of azide groups is 1. The van der Waals surface area contributed by atoms with Gasteiger partial charge in [-0.3, -0.25) is 19.3 Å². The molecule has 0 aromatic heterocycles. The van der Waals surface area contributed by atoms with Gasteiger partial charge in [0.15, 0.2) is 24.3 Å². The second-order valence-corrected chi connectivity index (χ2v) is 18.8. The number of cyclic esters (lactones) is 1. The van der Waals surface area contributed by atoms with Gasteiger partial charge in [0.05, 0.1) is 42.0 Å². The van der Waals surface area contributed by atoms with Crippen molar-refractivity contribution in [1.82, 2.24) is 9.80 Å². The van der Waals surface area contributed by atoms with E-state index in [1.807, 2.05) is 48.7 Å². The van der Waals surface area contributed by atoms with E-state index in [9.17, 15) is 24.7 Å². The lowest BCUT2D eigenvalue weighted by Gasteiger charge is -2.50. The van der Waals surface area contributed by atoms with E-state index in [1.165, 1.54) is 18.9 Å². The van der Waals surface area contributed by atoms with Gasteiger partial charge in [0, 0.05) is 62.2 Å². The number of hydrogen-bond donors (Lipinski definition) is 0. The Labute approximate surface area is 361 Å². The zero-order valence-electron chi connectivity index (χ0n) is 39.2. The molecular formula is C43H73N5O13. The zero-order chi connectivity index (χ0) is 45.9. The van der Waals surface area contributed by atoms with E-state index in [0.717, 1.165) is 6.42 Å². The average molecular weight is 868 g/mol. The lowest BCUT2D eigenvalue weighted by molar-refractivity contribution is -0.315. The first-order valence-electron chi connectivity index (χ1n) is 21.7. The Hall–Kier alpha value is -3.09. The average Bonchev–Trinajstić information content (AvgIpc) is 3.46. The van der Waals surface area contributed by atoms with Crippen LogP contribution in [0.25, 0.3) is 10.4 Å². The van der Waals surface area contributed by atoms with Gasteiger partial charge in [0.1, 0.15) is 24.2 Å². The Bertz CT molecular complexity index is 1620. The van der Waals surface area contributed by atoms with Crippen molar-refractivity contribution in [2.75, 3.05) is 35.0 Å². The molecule has 4 fully saturated rings. The first-order chi connectivity index (χ1) is 28.4. The molecule has 0 spiro atoms. The molecule has 0 bridgehead atoms. The molecule has 348 valence electrons. The van der Waals surface area contributed by atoms with E-state index >= 15 is 0 Å². The number of ether oxygens (including phenoxy) is 9. The van der Waals surface area contributed by atoms with Gasteiger partial charge >= 0.3 is 18.0 Å². The van der Waals surface area contributed by atoms with Crippen LogP contribution in [0.3, 0.4) is 0 Å². The minimum atomic E-state index is -1.52. The summed E-state index contributed by atoms with van der Waals surface area (Å²) in [6, 6.07) is -0.851. The van der Waals surface area contributed by atoms with E-state index in [1.54, 1.807) is 41.7 Å². The first-order valence-corrected chi connectivity index (χ1v) is 21.7. The van der Waals surface area contributed by atoms with Crippen molar-refractivity contribution in [1.29, 1.82) is 0 Å². The van der Waals surface area contributed by atoms with E-state index < -0.39 is 114 Å². The van der Waals surface area contributed by atoms with Crippen LogP contribution in [0, 0.1) is 29.6 Å². The predicted octanol–water partition coefficient (Wildman–Crippen LogP) is 6.02. The van der Waals surface area contributed by atoms with Gasteiger partial charge in [-0.2, -0.15) is 0 Å². The molecule has 4 rings (SSSR count). The zero-order valence-corrected chi connectivity index (χ0v) is 39.2. The van der Waals surface area contributed by atoms with Crippen LogP contribution in [0.2, 0.25) is 0 Å². The minimum absolute atomic E-state index is 0.0958. The van der Waals surface area contributed by atoms with Crippen molar-refractivity contribution in [3.63, 3.8) is 0 Å². The number of ketones is 1. The van der Waals surface area contributed by atoms with Crippen LogP contribution in [0.15, 0.2) is 5.11 Å². The van der Waals surface area contributed by atoms with E-state index in [0.29, 0.717) is 0 Å². The molecule has 4 saturated heterocycles. The van der Waals surface area contributed by atoms with Gasteiger partial charge in [0.2, 0.25) is 0 Å². The van der Waals surface area contributed by atoms with E-state index in [4.69, 9.17) is 42.6 Å². The highest BCUT2D eigenvalue weighted by atomic mass is 16.7. The molecule has 0 aromatic carbocycles. The number of esters is 2. The number of Topliss-reactive ketones (excluding diaryl/α,β-unsaturated/α-hetero) is 1. The minimum Gasteiger partial charge on any atom is -0.458 e. The topological polar surface area (TPSA) is 207 Å². The number of carbonyl (C=O) groups is 4. The molecule has 4 aliphatic rings. The number of amides is 1. The molecular weight excluding hydrogens is 794 g/mol. The van der Waals surface area contributed by atoms with Gasteiger partial charge in [-0.05, 0) is 80.4 Å². The first kappa shape index (κ1) is 50.6. The maximum Gasteiger partial charge on any atom is 0.411 e. The summed E-state index contributed by atoms with van der Waals surface area (Å²) in [4.78, 5) is 61.5. The quantitative estimate of drug-likeness (QED) is 0.0766. The molecule has 9 unspecified atom stereocenters. The van der Waals surface area contributed by atoms with Crippen LogP contribution in [0.1, 0.15) is 109 Å². The van der Waals surface area contributed by atoms with Gasteiger partial charge in [-0.25, -0.2) is 4.79 Å². The molecule has 0 saturated carbocycles. The molecule has 0 aliphatic carbocycles. The van der Waals surface area contributed by atoms with Crippen molar-refractivity contribution < 1.29 is 61.8 Å². The maximum absolute atomic E-state index is 14.8. The summed E-state index contributed by atoms with van der Waals surface area (Å²) in [6.45, 7) is 21.1. The number of carbonyl (C=O) groups excluding carboxylic acids is 4. The van der Waals surface area contributed by atoms with Crippen molar-refractivity contribution in [2.45, 2.75) is 187 Å². The second-order valence-electron chi connectivity index (χ2n) is 18.8. The summed E-state index contributed by atoms with van der Waals surface area (Å²) >= 11 is 0.